The quantitative estimate of drug-likeness (QED) is 0.856. The van der Waals surface area contributed by atoms with Crippen molar-refractivity contribution >= 4 is 11.3 Å². The van der Waals surface area contributed by atoms with Gasteiger partial charge in [-0.1, -0.05) is 13.0 Å². The highest BCUT2D eigenvalue weighted by Crippen LogP contribution is 2.20. The van der Waals surface area contributed by atoms with E-state index in [9.17, 15) is 0 Å². The van der Waals surface area contributed by atoms with Crippen LogP contribution >= 0.6 is 11.3 Å². The van der Waals surface area contributed by atoms with Crippen molar-refractivity contribution in [1.29, 1.82) is 0 Å². The van der Waals surface area contributed by atoms with Gasteiger partial charge in [0.25, 0.3) is 0 Å². The molecule has 1 atom stereocenters. The van der Waals surface area contributed by atoms with Gasteiger partial charge in [0.1, 0.15) is 0 Å². The molecule has 0 saturated carbocycles. The first-order valence-corrected chi connectivity index (χ1v) is 7.36. The number of thiophene rings is 1. The molecule has 2 aromatic heterocycles. The van der Waals surface area contributed by atoms with Gasteiger partial charge < -0.3 is 5.32 Å². The molecule has 0 aliphatic carbocycles. The van der Waals surface area contributed by atoms with E-state index in [0.717, 1.165) is 25.1 Å². The van der Waals surface area contributed by atoms with Crippen LogP contribution in [0.25, 0.3) is 0 Å². The van der Waals surface area contributed by atoms with Crippen molar-refractivity contribution < 1.29 is 0 Å². The van der Waals surface area contributed by atoms with Crippen LogP contribution < -0.4 is 5.32 Å². The topological polar surface area (TPSA) is 24.9 Å². The fourth-order valence-corrected chi connectivity index (χ4v) is 2.82. The Hall–Kier alpha value is -1.19. The zero-order valence-corrected chi connectivity index (χ0v) is 11.8. The lowest BCUT2D eigenvalue weighted by molar-refractivity contribution is 0.505. The maximum Gasteiger partial charge on any atom is 0.0575 e. The summed E-state index contributed by atoms with van der Waals surface area (Å²) >= 11 is 1.83. The molecular formula is C15H20N2S. The third-order valence-electron chi connectivity index (χ3n) is 3.00. The van der Waals surface area contributed by atoms with Crippen molar-refractivity contribution in [2.45, 2.75) is 32.7 Å². The molecule has 96 valence electrons. The maximum atomic E-state index is 4.50. The van der Waals surface area contributed by atoms with Crippen LogP contribution in [0.2, 0.25) is 0 Å². The molecule has 0 radical (unpaired) electrons. The van der Waals surface area contributed by atoms with Gasteiger partial charge in [0.15, 0.2) is 0 Å². The van der Waals surface area contributed by atoms with Crippen molar-refractivity contribution in [2.75, 3.05) is 6.54 Å². The van der Waals surface area contributed by atoms with Gasteiger partial charge in [0, 0.05) is 17.1 Å². The first-order valence-electron chi connectivity index (χ1n) is 6.48. The van der Waals surface area contributed by atoms with Crippen LogP contribution in [0.5, 0.6) is 0 Å². The van der Waals surface area contributed by atoms with E-state index >= 15 is 0 Å². The zero-order valence-electron chi connectivity index (χ0n) is 11.0. The summed E-state index contributed by atoms with van der Waals surface area (Å²) in [6, 6.07) is 8.91. The van der Waals surface area contributed by atoms with Crippen molar-refractivity contribution in [2.24, 2.45) is 0 Å². The Labute approximate surface area is 113 Å². The minimum atomic E-state index is 0.358. The molecule has 0 bridgehead atoms. The summed E-state index contributed by atoms with van der Waals surface area (Å²) < 4.78 is 0. The van der Waals surface area contributed by atoms with Crippen LogP contribution in [0.4, 0.5) is 0 Å². The number of hydrogen-bond donors (Lipinski definition) is 1. The lowest BCUT2D eigenvalue weighted by Gasteiger charge is -2.17. The Kier molecular flexibility index (Phi) is 4.90. The van der Waals surface area contributed by atoms with Crippen LogP contribution in [0.3, 0.4) is 0 Å². The average molecular weight is 260 g/mol. The van der Waals surface area contributed by atoms with Crippen molar-refractivity contribution in [1.82, 2.24) is 10.3 Å². The van der Waals surface area contributed by atoms with Crippen molar-refractivity contribution in [3.8, 4) is 0 Å². The highest BCUT2D eigenvalue weighted by atomic mass is 32.1. The number of nitrogens with zero attached hydrogens (tertiary/aromatic N) is 1. The molecule has 2 nitrogen and oxygen atoms in total. The third kappa shape index (κ3) is 3.65. The Balaban J connectivity index is 2.03. The average Bonchev–Trinajstić information content (AvgIpc) is 2.87. The lowest BCUT2D eigenvalue weighted by atomic mass is 10.1. The van der Waals surface area contributed by atoms with E-state index < -0.39 is 0 Å². The maximum absolute atomic E-state index is 4.50. The number of hydrogen-bond acceptors (Lipinski definition) is 3. The van der Waals surface area contributed by atoms with Crippen molar-refractivity contribution in [3.63, 3.8) is 0 Å². The van der Waals surface area contributed by atoms with Gasteiger partial charge in [-0.25, -0.2) is 0 Å². The van der Waals surface area contributed by atoms with E-state index in [1.807, 2.05) is 23.6 Å². The van der Waals surface area contributed by atoms with E-state index in [2.05, 4.69) is 47.7 Å². The van der Waals surface area contributed by atoms with Gasteiger partial charge in [0.05, 0.1) is 5.69 Å². The van der Waals surface area contributed by atoms with Crippen LogP contribution in [-0.4, -0.2) is 11.5 Å². The smallest absolute Gasteiger partial charge is 0.0575 e. The van der Waals surface area contributed by atoms with E-state index in [0.29, 0.717) is 6.04 Å². The van der Waals surface area contributed by atoms with Gasteiger partial charge in [-0.15, -0.1) is 11.3 Å². The molecule has 0 aliphatic rings. The van der Waals surface area contributed by atoms with E-state index in [-0.39, 0.29) is 0 Å². The monoisotopic (exact) mass is 260 g/mol. The second-order valence-electron chi connectivity index (χ2n) is 4.49. The molecule has 0 fully saturated rings. The minimum Gasteiger partial charge on any atom is -0.309 e. The molecule has 2 rings (SSSR count). The predicted molar refractivity (Wildman–Crippen MR) is 78.0 cm³/mol. The number of pyridine rings is 1. The van der Waals surface area contributed by atoms with Gasteiger partial charge in [-0.3, -0.25) is 4.98 Å². The number of nitrogens with one attached hydrogen (secondary N) is 1. The summed E-state index contributed by atoms with van der Waals surface area (Å²) in [6.07, 6.45) is 4.12. The number of aromatic nitrogens is 1. The van der Waals surface area contributed by atoms with Gasteiger partial charge in [-0.2, -0.15) is 0 Å². The standard InChI is InChI=1S/C15H20N2S/c1-3-16-14(7-6-13-5-4-10-18-13)15-11-12(2)8-9-17-15/h4-5,8-11,14,16H,3,6-7H2,1-2H3. The van der Waals surface area contributed by atoms with Crippen molar-refractivity contribution in [3.05, 3.63) is 52.0 Å². The van der Waals surface area contributed by atoms with Gasteiger partial charge in [-0.05, 0) is 55.5 Å². The minimum absolute atomic E-state index is 0.358. The second-order valence-corrected chi connectivity index (χ2v) is 5.52. The van der Waals surface area contributed by atoms with Gasteiger partial charge >= 0.3 is 0 Å². The van der Waals surface area contributed by atoms with E-state index in [1.165, 1.54) is 10.4 Å². The normalized spacial score (nSPS) is 12.6. The summed E-state index contributed by atoms with van der Waals surface area (Å²) in [6.45, 7) is 5.24. The van der Waals surface area contributed by atoms with Gasteiger partial charge in [0.2, 0.25) is 0 Å². The zero-order chi connectivity index (χ0) is 12.8. The van der Waals surface area contributed by atoms with E-state index in [1.54, 1.807) is 0 Å². The SMILES string of the molecule is CCNC(CCc1cccs1)c1cc(C)ccn1. The lowest BCUT2D eigenvalue weighted by Crippen LogP contribution is -2.22. The Morgan fingerprint density at radius 2 is 2.28 bits per heavy atom. The van der Waals surface area contributed by atoms with Crippen LogP contribution in [0, 0.1) is 6.92 Å². The largest absolute Gasteiger partial charge is 0.309 e. The van der Waals surface area contributed by atoms with Crippen LogP contribution in [0.15, 0.2) is 35.8 Å². The van der Waals surface area contributed by atoms with Crippen LogP contribution in [0.1, 0.15) is 35.5 Å². The summed E-state index contributed by atoms with van der Waals surface area (Å²) in [5.41, 5.74) is 2.44. The molecular weight excluding hydrogens is 240 g/mol. The van der Waals surface area contributed by atoms with E-state index in [4.69, 9.17) is 0 Å². The molecule has 2 aromatic rings. The molecule has 2 heterocycles. The summed E-state index contributed by atoms with van der Waals surface area (Å²) in [7, 11) is 0. The molecule has 0 spiro atoms. The summed E-state index contributed by atoms with van der Waals surface area (Å²) in [5.74, 6) is 0. The Bertz CT molecular complexity index is 465. The summed E-state index contributed by atoms with van der Waals surface area (Å²) in [4.78, 5) is 5.95. The molecule has 1 unspecified atom stereocenters. The van der Waals surface area contributed by atoms with Crippen LogP contribution in [-0.2, 0) is 6.42 Å². The first kappa shape index (κ1) is 13.2. The Morgan fingerprint density at radius 3 is 2.94 bits per heavy atom. The third-order valence-corrected chi connectivity index (χ3v) is 3.94. The second kappa shape index (κ2) is 6.66. The molecule has 0 saturated heterocycles. The predicted octanol–water partition coefficient (Wildman–Crippen LogP) is 3.73. The highest BCUT2D eigenvalue weighted by Gasteiger charge is 2.12. The fraction of sp³-hybridized carbons (Fsp3) is 0.400. The molecule has 1 N–H and O–H groups in total. The molecule has 0 amide bonds. The highest BCUT2D eigenvalue weighted by molar-refractivity contribution is 7.09. The molecule has 3 heteroatoms. The number of rotatable bonds is 6. The fourth-order valence-electron chi connectivity index (χ4n) is 2.09. The molecule has 0 aliphatic heterocycles. The molecule has 18 heavy (non-hydrogen) atoms. The summed E-state index contributed by atoms with van der Waals surface area (Å²) in [5, 5.41) is 5.67. The Morgan fingerprint density at radius 1 is 1.39 bits per heavy atom. The number of aryl methyl sites for hydroxylation is 2. The molecule has 0 aromatic carbocycles. The first-order chi connectivity index (χ1) is 8.79.